The van der Waals surface area contributed by atoms with E-state index in [1.165, 1.54) is 5.56 Å². The van der Waals surface area contributed by atoms with Crippen molar-refractivity contribution >= 4 is 0 Å². The van der Waals surface area contributed by atoms with Crippen molar-refractivity contribution in [3.63, 3.8) is 0 Å². The van der Waals surface area contributed by atoms with Gasteiger partial charge in [0.2, 0.25) is 0 Å². The number of aryl methyl sites for hydroxylation is 1. The third-order valence-electron chi connectivity index (χ3n) is 2.04. The highest BCUT2D eigenvalue weighted by Crippen LogP contribution is 2.26. The van der Waals surface area contributed by atoms with Gasteiger partial charge in [-0.1, -0.05) is 12.1 Å². The van der Waals surface area contributed by atoms with Gasteiger partial charge in [0.15, 0.2) is 0 Å². The SMILES string of the molecule is Cc1ccc(C2CN2)cc1O. The fraction of sp³-hybridized carbons (Fsp3) is 0.333. The number of hydrogen-bond acceptors (Lipinski definition) is 2. The minimum atomic E-state index is 0.399. The van der Waals surface area contributed by atoms with E-state index in [-0.39, 0.29) is 0 Å². The van der Waals surface area contributed by atoms with Gasteiger partial charge >= 0.3 is 0 Å². The summed E-state index contributed by atoms with van der Waals surface area (Å²) in [7, 11) is 0. The van der Waals surface area contributed by atoms with E-state index in [1.807, 2.05) is 19.1 Å². The van der Waals surface area contributed by atoms with Crippen LogP contribution in [0.4, 0.5) is 0 Å². The van der Waals surface area contributed by atoms with Crippen LogP contribution in [0, 0.1) is 6.92 Å². The van der Waals surface area contributed by atoms with Gasteiger partial charge in [-0.25, -0.2) is 0 Å². The molecule has 2 heteroatoms. The molecule has 58 valence electrons. The lowest BCUT2D eigenvalue weighted by Gasteiger charge is -2.00. The molecule has 11 heavy (non-hydrogen) atoms. The highest BCUT2D eigenvalue weighted by Gasteiger charge is 2.22. The molecule has 1 atom stereocenters. The number of hydrogen-bond donors (Lipinski definition) is 2. The topological polar surface area (TPSA) is 42.2 Å². The van der Waals surface area contributed by atoms with E-state index in [4.69, 9.17) is 0 Å². The van der Waals surface area contributed by atoms with E-state index < -0.39 is 0 Å². The van der Waals surface area contributed by atoms with Crippen molar-refractivity contribution in [2.75, 3.05) is 6.54 Å². The van der Waals surface area contributed by atoms with Crippen molar-refractivity contribution in [2.45, 2.75) is 13.0 Å². The van der Waals surface area contributed by atoms with E-state index in [1.54, 1.807) is 0 Å². The minimum absolute atomic E-state index is 0.399. The van der Waals surface area contributed by atoms with Gasteiger partial charge in [0, 0.05) is 12.6 Å². The average molecular weight is 149 g/mol. The van der Waals surface area contributed by atoms with E-state index in [2.05, 4.69) is 11.4 Å². The lowest BCUT2D eigenvalue weighted by molar-refractivity contribution is 0.470. The lowest BCUT2D eigenvalue weighted by Crippen LogP contribution is -1.84. The minimum Gasteiger partial charge on any atom is -0.508 e. The Kier molecular flexibility index (Phi) is 1.36. The summed E-state index contributed by atoms with van der Waals surface area (Å²) in [5, 5.41) is 12.5. The van der Waals surface area contributed by atoms with Crippen LogP contribution in [-0.4, -0.2) is 11.7 Å². The molecule has 1 saturated heterocycles. The summed E-state index contributed by atoms with van der Waals surface area (Å²) in [4.78, 5) is 0. The molecule has 0 spiro atoms. The number of phenolic OH excluding ortho intramolecular Hbond substituents is 1. The van der Waals surface area contributed by atoms with Crippen molar-refractivity contribution < 1.29 is 5.11 Å². The standard InChI is InChI=1S/C9H11NO/c1-6-2-3-7(4-9(6)11)8-5-10-8/h2-4,8,10-11H,5H2,1H3. The molecule has 0 aliphatic carbocycles. The smallest absolute Gasteiger partial charge is 0.118 e. The fourth-order valence-electron chi connectivity index (χ4n) is 1.14. The first-order valence-corrected chi connectivity index (χ1v) is 3.80. The molecule has 2 rings (SSSR count). The van der Waals surface area contributed by atoms with E-state index in [0.717, 1.165) is 12.1 Å². The number of nitrogens with one attached hydrogen (secondary N) is 1. The highest BCUT2D eigenvalue weighted by molar-refractivity contribution is 5.38. The predicted molar refractivity (Wildman–Crippen MR) is 43.6 cm³/mol. The van der Waals surface area contributed by atoms with Crippen molar-refractivity contribution in [1.29, 1.82) is 0 Å². The predicted octanol–water partition coefficient (Wildman–Crippen LogP) is 1.34. The molecule has 1 aromatic carbocycles. The van der Waals surface area contributed by atoms with Crippen LogP contribution in [0.2, 0.25) is 0 Å². The van der Waals surface area contributed by atoms with Gasteiger partial charge in [0.1, 0.15) is 5.75 Å². The lowest BCUT2D eigenvalue weighted by atomic mass is 10.1. The van der Waals surface area contributed by atoms with Gasteiger partial charge in [-0.05, 0) is 24.1 Å². The van der Waals surface area contributed by atoms with Crippen LogP contribution in [0.25, 0.3) is 0 Å². The first-order valence-electron chi connectivity index (χ1n) is 3.80. The van der Waals surface area contributed by atoms with Gasteiger partial charge < -0.3 is 10.4 Å². The maximum absolute atomic E-state index is 9.35. The summed E-state index contributed by atoms with van der Waals surface area (Å²) in [6.45, 7) is 2.95. The van der Waals surface area contributed by atoms with Crippen LogP contribution in [0.1, 0.15) is 17.2 Å². The quantitative estimate of drug-likeness (QED) is 0.592. The first-order chi connectivity index (χ1) is 5.27. The summed E-state index contributed by atoms with van der Waals surface area (Å²) in [6, 6.07) is 6.33. The molecular weight excluding hydrogens is 138 g/mol. The van der Waals surface area contributed by atoms with Gasteiger partial charge in [0.25, 0.3) is 0 Å². The second-order valence-corrected chi connectivity index (χ2v) is 3.01. The average Bonchev–Trinajstić information content (AvgIpc) is 2.77. The molecule has 1 heterocycles. The maximum Gasteiger partial charge on any atom is 0.118 e. The van der Waals surface area contributed by atoms with Crippen LogP contribution in [0.5, 0.6) is 5.75 Å². The van der Waals surface area contributed by atoms with E-state index in [9.17, 15) is 5.11 Å². The van der Waals surface area contributed by atoms with E-state index >= 15 is 0 Å². The van der Waals surface area contributed by atoms with Gasteiger partial charge in [-0.15, -0.1) is 0 Å². The second-order valence-electron chi connectivity index (χ2n) is 3.01. The number of rotatable bonds is 1. The van der Waals surface area contributed by atoms with Crippen LogP contribution in [-0.2, 0) is 0 Å². The molecule has 1 aromatic rings. The first kappa shape index (κ1) is 6.68. The zero-order valence-electron chi connectivity index (χ0n) is 6.46. The summed E-state index contributed by atoms with van der Waals surface area (Å²) < 4.78 is 0. The largest absolute Gasteiger partial charge is 0.508 e. The number of phenols is 1. The Hall–Kier alpha value is -1.02. The van der Waals surface area contributed by atoms with Crippen molar-refractivity contribution in [1.82, 2.24) is 5.32 Å². The fourth-order valence-corrected chi connectivity index (χ4v) is 1.14. The molecule has 0 aromatic heterocycles. The second kappa shape index (κ2) is 2.24. The van der Waals surface area contributed by atoms with Gasteiger partial charge in [-0.3, -0.25) is 0 Å². The molecule has 0 saturated carbocycles. The number of aromatic hydroxyl groups is 1. The summed E-state index contributed by atoms with van der Waals surface area (Å²) >= 11 is 0. The van der Waals surface area contributed by atoms with E-state index in [0.29, 0.717) is 11.8 Å². The Balaban J connectivity index is 2.36. The molecule has 2 N–H and O–H groups in total. The molecule has 1 unspecified atom stereocenters. The summed E-state index contributed by atoms with van der Waals surface area (Å²) in [5.74, 6) is 0.399. The van der Waals surface area contributed by atoms with Crippen LogP contribution < -0.4 is 5.32 Å². The zero-order chi connectivity index (χ0) is 7.84. The van der Waals surface area contributed by atoms with Crippen LogP contribution >= 0.6 is 0 Å². The van der Waals surface area contributed by atoms with Crippen molar-refractivity contribution in [2.24, 2.45) is 0 Å². The van der Waals surface area contributed by atoms with Crippen LogP contribution in [0.15, 0.2) is 18.2 Å². The molecule has 0 radical (unpaired) electrons. The highest BCUT2D eigenvalue weighted by atomic mass is 16.3. The van der Waals surface area contributed by atoms with Crippen molar-refractivity contribution in [3.05, 3.63) is 29.3 Å². The Labute approximate surface area is 65.9 Å². The Morgan fingerprint density at radius 2 is 2.27 bits per heavy atom. The third kappa shape index (κ3) is 1.21. The van der Waals surface area contributed by atoms with Gasteiger partial charge in [-0.2, -0.15) is 0 Å². The molecule has 0 bridgehead atoms. The number of benzene rings is 1. The molecule has 1 aliphatic rings. The Bertz CT molecular complexity index is 279. The molecule has 2 nitrogen and oxygen atoms in total. The Morgan fingerprint density at radius 1 is 1.55 bits per heavy atom. The molecule has 1 fully saturated rings. The normalized spacial score (nSPS) is 21.7. The van der Waals surface area contributed by atoms with Crippen molar-refractivity contribution in [3.8, 4) is 5.75 Å². The summed E-state index contributed by atoms with van der Waals surface area (Å²) in [5.41, 5.74) is 2.13. The monoisotopic (exact) mass is 149 g/mol. The van der Waals surface area contributed by atoms with Crippen LogP contribution in [0.3, 0.4) is 0 Å². The van der Waals surface area contributed by atoms with Gasteiger partial charge in [0.05, 0.1) is 0 Å². The maximum atomic E-state index is 9.35. The third-order valence-corrected chi connectivity index (χ3v) is 2.04. The molecule has 1 aliphatic heterocycles. The zero-order valence-corrected chi connectivity index (χ0v) is 6.46. The summed E-state index contributed by atoms with van der Waals surface area (Å²) in [6.07, 6.45) is 0. The Morgan fingerprint density at radius 3 is 2.82 bits per heavy atom. The molecule has 0 amide bonds. The molecular formula is C9H11NO.